The van der Waals surface area contributed by atoms with Gasteiger partial charge >= 0.3 is 5.97 Å². The zero-order chi connectivity index (χ0) is 7.40. The summed E-state index contributed by atoms with van der Waals surface area (Å²) >= 11 is 0. The predicted molar refractivity (Wildman–Crippen MR) is 38.5 cm³/mol. The number of hydrogen-bond donors (Lipinski definition) is 0. The molecule has 0 aliphatic heterocycles. The standard InChI is InChI=1S/C8H10O2/c1-2-6-10-8(9)7-4-3-5-7/h2,4H,1,3,5-6H2. The van der Waals surface area contributed by atoms with Crippen LogP contribution in [0.1, 0.15) is 12.8 Å². The number of esters is 1. The minimum Gasteiger partial charge on any atom is -0.458 e. The summed E-state index contributed by atoms with van der Waals surface area (Å²) in [7, 11) is 0. The molecule has 1 rings (SSSR count). The lowest BCUT2D eigenvalue weighted by Gasteiger charge is -2.11. The van der Waals surface area contributed by atoms with Crippen LogP contribution < -0.4 is 0 Å². The van der Waals surface area contributed by atoms with E-state index < -0.39 is 0 Å². The van der Waals surface area contributed by atoms with Crippen LogP contribution in [0.2, 0.25) is 0 Å². The van der Waals surface area contributed by atoms with Gasteiger partial charge in [-0.1, -0.05) is 18.7 Å². The van der Waals surface area contributed by atoms with Crippen molar-refractivity contribution in [3.8, 4) is 0 Å². The van der Waals surface area contributed by atoms with E-state index in [9.17, 15) is 4.79 Å². The fraction of sp³-hybridized carbons (Fsp3) is 0.375. The minimum absolute atomic E-state index is 0.189. The highest BCUT2D eigenvalue weighted by molar-refractivity contribution is 5.89. The molecule has 0 aromatic rings. The molecule has 1 aliphatic carbocycles. The summed E-state index contributed by atoms with van der Waals surface area (Å²) in [4.78, 5) is 10.8. The second-order valence-electron chi connectivity index (χ2n) is 2.16. The Balaban J connectivity index is 2.27. The Morgan fingerprint density at radius 1 is 1.90 bits per heavy atom. The van der Waals surface area contributed by atoms with E-state index in [0.717, 1.165) is 18.4 Å². The van der Waals surface area contributed by atoms with Gasteiger partial charge in [-0.05, 0) is 12.8 Å². The molecule has 0 saturated heterocycles. The zero-order valence-electron chi connectivity index (χ0n) is 5.80. The van der Waals surface area contributed by atoms with Gasteiger partial charge in [0, 0.05) is 5.57 Å². The molecule has 0 amide bonds. The molecule has 2 nitrogen and oxygen atoms in total. The van der Waals surface area contributed by atoms with Gasteiger partial charge in [-0.15, -0.1) is 0 Å². The fourth-order valence-corrected chi connectivity index (χ4v) is 0.701. The molecule has 10 heavy (non-hydrogen) atoms. The highest BCUT2D eigenvalue weighted by Gasteiger charge is 2.14. The molecule has 0 bridgehead atoms. The Bertz CT molecular complexity index is 180. The number of carbonyl (C=O) groups is 1. The number of allylic oxidation sites excluding steroid dienone is 1. The van der Waals surface area contributed by atoms with E-state index in [1.54, 1.807) is 6.08 Å². The average Bonchev–Trinajstić information content (AvgIpc) is 1.79. The van der Waals surface area contributed by atoms with Gasteiger partial charge in [0.15, 0.2) is 0 Å². The van der Waals surface area contributed by atoms with Crippen molar-refractivity contribution in [1.82, 2.24) is 0 Å². The number of ether oxygens (including phenoxy) is 1. The Morgan fingerprint density at radius 2 is 2.60 bits per heavy atom. The lowest BCUT2D eigenvalue weighted by Crippen LogP contribution is -2.11. The molecular weight excluding hydrogens is 128 g/mol. The molecule has 0 N–H and O–H groups in total. The van der Waals surface area contributed by atoms with Gasteiger partial charge in [-0.25, -0.2) is 4.79 Å². The molecule has 0 aromatic carbocycles. The van der Waals surface area contributed by atoms with E-state index in [0.29, 0.717) is 6.61 Å². The first-order chi connectivity index (χ1) is 4.84. The third-order valence-corrected chi connectivity index (χ3v) is 1.40. The average molecular weight is 138 g/mol. The van der Waals surface area contributed by atoms with E-state index in [1.807, 2.05) is 6.08 Å². The second-order valence-corrected chi connectivity index (χ2v) is 2.16. The first-order valence-corrected chi connectivity index (χ1v) is 3.31. The lowest BCUT2D eigenvalue weighted by atomic mass is 10.00. The third-order valence-electron chi connectivity index (χ3n) is 1.40. The van der Waals surface area contributed by atoms with Crippen molar-refractivity contribution < 1.29 is 9.53 Å². The molecule has 0 unspecified atom stereocenters. The van der Waals surface area contributed by atoms with Crippen LogP contribution in [0.25, 0.3) is 0 Å². The van der Waals surface area contributed by atoms with Crippen molar-refractivity contribution in [3.63, 3.8) is 0 Å². The third kappa shape index (κ3) is 1.47. The molecule has 0 aromatic heterocycles. The first-order valence-electron chi connectivity index (χ1n) is 3.31. The van der Waals surface area contributed by atoms with Crippen LogP contribution in [-0.4, -0.2) is 12.6 Å². The molecule has 0 saturated carbocycles. The van der Waals surface area contributed by atoms with E-state index >= 15 is 0 Å². The predicted octanol–water partition coefficient (Wildman–Crippen LogP) is 1.44. The Labute approximate surface area is 60.2 Å². The second kappa shape index (κ2) is 3.20. The summed E-state index contributed by atoms with van der Waals surface area (Å²) in [5.74, 6) is -0.189. The summed E-state index contributed by atoms with van der Waals surface area (Å²) in [5, 5.41) is 0. The molecule has 0 atom stereocenters. The molecule has 0 spiro atoms. The quantitative estimate of drug-likeness (QED) is 0.435. The van der Waals surface area contributed by atoms with Crippen LogP contribution >= 0.6 is 0 Å². The largest absolute Gasteiger partial charge is 0.458 e. The summed E-state index contributed by atoms with van der Waals surface area (Å²) in [6.07, 6.45) is 5.34. The summed E-state index contributed by atoms with van der Waals surface area (Å²) in [5.41, 5.74) is 0.807. The van der Waals surface area contributed by atoms with Crippen molar-refractivity contribution in [2.75, 3.05) is 6.61 Å². The maximum absolute atomic E-state index is 10.8. The van der Waals surface area contributed by atoms with Gasteiger partial charge < -0.3 is 4.74 Å². The number of rotatable bonds is 3. The Kier molecular flexibility index (Phi) is 2.26. The topological polar surface area (TPSA) is 26.3 Å². The maximum Gasteiger partial charge on any atom is 0.333 e. The summed E-state index contributed by atoms with van der Waals surface area (Å²) < 4.78 is 4.77. The van der Waals surface area contributed by atoms with Crippen LogP contribution in [0.15, 0.2) is 24.3 Å². The molecule has 1 aliphatic rings. The van der Waals surface area contributed by atoms with Crippen molar-refractivity contribution in [1.29, 1.82) is 0 Å². The van der Waals surface area contributed by atoms with Gasteiger partial charge in [0.1, 0.15) is 6.61 Å². The van der Waals surface area contributed by atoms with Crippen LogP contribution in [0.5, 0.6) is 0 Å². The first kappa shape index (κ1) is 7.06. The lowest BCUT2D eigenvalue weighted by molar-refractivity contribution is -0.138. The molecule has 2 heteroatoms. The molecule has 0 fully saturated rings. The Hall–Kier alpha value is -1.05. The van der Waals surface area contributed by atoms with E-state index in [-0.39, 0.29) is 5.97 Å². The van der Waals surface area contributed by atoms with E-state index in [4.69, 9.17) is 4.74 Å². The van der Waals surface area contributed by atoms with E-state index in [2.05, 4.69) is 6.58 Å². The molecule has 0 radical (unpaired) electrons. The smallest absolute Gasteiger partial charge is 0.333 e. The summed E-state index contributed by atoms with van der Waals surface area (Å²) in [6, 6.07) is 0. The van der Waals surface area contributed by atoms with Gasteiger partial charge in [0.25, 0.3) is 0 Å². The van der Waals surface area contributed by atoms with Gasteiger partial charge in [-0.2, -0.15) is 0 Å². The van der Waals surface area contributed by atoms with Crippen LogP contribution in [-0.2, 0) is 9.53 Å². The number of carbonyl (C=O) groups excluding carboxylic acids is 1. The SMILES string of the molecule is C=CCOC(=O)C1=CCC1. The Morgan fingerprint density at radius 3 is 3.00 bits per heavy atom. The van der Waals surface area contributed by atoms with Gasteiger partial charge in [-0.3, -0.25) is 0 Å². The van der Waals surface area contributed by atoms with Crippen LogP contribution in [0, 0.1) is 0 Å². The molecule has 0 heterocycles. The van der Waals surface area contributed by atoms with Crippen LogP contribution in [0.4, 0.5) is 0 Å². The van der Waals surface area contributed by atoms with Gasteiger partial charge in [0.2, 0.25) is 0 Å². The highest BCUT2D eigenvalue weighted by Crippen LogP contribution is 2.18. The van der Waals surface area contributed by atoms with Crippen molar-refractivity contribution in [2.24, 2.45) is 0 Å². The van der Waals surface area contributed by atoms with E-state index in [1.165, 1.54) is 0 Å². The van der Waals surface area contributed by atoms with Crippen LogP contribution in [0.3, 0.4) is 0 Å². The van der Waals surface area contributed by atoms with Crippen molar-refractivity contribution in [2.45, 2.75) is 12.8 Å². The monoisotopic (exact) mass is 138 g/mol. The normalized spacial score (nSPS) is 15.0. The highest BCUT2D eigenvalue weighted by atomic mass is 16.5. The fourth-order valence-electron chi connectivity index (χ4n) is 0.701. The maximum atomic E-state index is 10.8. The van der Waals surface area contributed by atoms with Gasteiger partial charge in [0.05, 0.1) is 0 Å². The zero-order valence-corrected chi connectivity index (χ0v) is 5.80. The molecule has 54 valence electrons. The molecular formula is C8H10O2. The van der Waals surface area contributed by atoms with Crippen molar-refractivity contribution in [3.05, 3.63) is 24.3 Å². The minimum atomic E-state index is -0.189. The number of hydrogen-bond acceptors (Lipinski definition) is 2. The van der Waals surface area contributed by atoms with Crippen molar-refractivity contribution >= 4 is 5.97 Å². The summed E-state index contributed by atoms with van der Waals surface area (Å²) in [6.45, 7) is 3.75.